The Bertz CT molecular complexity index is 493. The highest BCUT2D eigenvalue weighted by Crippen LogP contribution is 2.38. The van der Waals surface area contributed by atoms with Crippen LogP contribution >= 0.6 is 12.4 Å². The second kappa shape index (κ2) is 5.74. The van der Waals surface area contributed by atoms with Crippen LogP contribution in [0, 0.1) is 12.3 Å². The van der Waals surface area contributed by atoms with Crippen molar-refractivity contribution in [2.75, 3.05) is 26.2 Å². The first-order valence-corrected chi connectivity index (χ1v) is 7.10. The molecule has 2 saturated heterocycles. The van der Waals surface area contributed by atoms with Crippen LogP contribution < -0.4 is 5.32 Å². The molecule has 5 nitrogen and oxygen atoms in total. The minimum Gasteiger partial charge on any atom is -0.337 e. The molecule has 0 aromatic carbocycles. The molecule has 0 aliphatic carbocycles. The van der Waals surface area contributed by atoms with Gasteiger partial charge in [0.15, 0.2) is 0 Å². The first-order chi connectivity index (χ1) is 9.10. The van der Waals surface area contributed by atoms with Crippen molar-refractivity contribution < 1.29 is 4.79 Å². The normalized spacial score (nSPS) is 21.0. The Labute approximate surface area is 126 Å². The van der Waals surface area contributed by atoms with Gasteiger partial charge < -0.3 is 10.2 Å². The van der Waals surface area contributed by atoms with Crippen molar-refractivity contribution in [3.8, 4) is 0 Å². The second-order valence-corrected chi connectivity index (χ2v) is 6.02. The largest absolute Gasteiger partial charge is 0.337 e. The Morgan fingerprint density at radius 3 is 2.65 bits per heavy atom. The number of likely N-dealkylation sites (tertiary alicyclic amines) is 1. The van der Waals surface area contributed by atoms with Crippen LogP contribution in [0.3, 0.4) is 0 Å². The van der Waals surface area contributed by atoms with Crippen LogP contribution in [-0.4, -0.2) is 46.8 Å². The second-order valence-electron chi connectivity index (χ2n) is 6.02. The average molecular weight is 299 g/mol. The topological polar surface area (TPSA) is 50.2 Å². The molecule has 6 heteroatoms. The van der Waals surface area contributed by atoms with Crippen LogP contribution in [0.1, 0.15) is 35.4 Å². The maximum Gasteiger partial charge on any atom is 0.272 e. The molecular formula is C14H23ClN4O. The lowest BCUT2D eigenvalue weighted by molar-refractivity contribution is 0.0751. The first kappa shape index (κ1) is 15.3. The average Bonchev–Trinajstić information content (AvgIpc) is 2.94. The summed E-state index contributed by atoms with van der Waals surface area (Å²) >= 11 is 0. The highest BCUT2D eigenvalue weighted by molar-refractivity contribution is 5.93. The molecule has 0 saturated carbocycles. The van der Waals surface area contributed by atoms with E-state index < -0.39 is 0 Å². The number of hydrogen-bond acceptors (Lipinski definition) is 3. The van der Waals surface area contributed by atoms with Gasteiger partial charge in [0, 0.05) is 20.1 Å². The molecule has 3 heterocycles. The number of aromatic nitrogens is 2. The van der Waals surface area contributed by atoms with Gasteiger partial charge in [-0.1, -0.05) is 0 Å². The smallest absolute Gasteiger partial charge is 0.272 e. The number of nitrogens with zero attached hydrogens (tertiary/aromatic N) is 3. The van der Waals surface area contributed by atoms with Crippen molar-refractivity contribution in [3.63, 3.8) is 0 Å². The summed E-state index contributed by atoms with van der Waals surface area (Å²) in [6.07, 6.45) is 3.54. The van der Waals surface area contributed by atoms with E-state index in [1.807, 2.05) is 24.9 Å². The maximum absolute atomic E-state index is 12.6. The first-order valence-electron chi connectivity index (χ1n) is 7.10. The van der Waals surface area contributed by atoms with E-state index in [2.05, 4.69) is 10.4 Å². The minimum atomic E-state index is 0. The Morgan fingerprint density at radius 1 is 1.35 bits per heavy atom. The van der Waals surface area contributed by atoms with E-state index >= 15 is 0 Å². The zero-order chi connectivity index (χ0) is 13.5. The number of aryl methyl sites for hydroxylation is 2. The highest BCUT2D eigenvalue weighted by Gasteiger charge is 2.41. The summed E-state index contributed by atoms with van der Waals surface area (Å²) in [5.74, 6) is 0.138. The summed E-state index contributed by atoms with van der Waals surface area (Å²) in [4.78, 5) is 14.6. The van der Waals surface area contributed by atoms with Crippen molar-refractivity contribution >= 4 is 18.3 Å². The summed E-state index contributed by atoms with van der Waals surface area (Å²) in [6.45, 7) is 5.91. The van der Waals surface area contributed by atoms with Gasteiger partial charge in [0.25, 0.3) is 5.91 Å². The fourth-order valence-corrected chi connectivity index (χ4v) is 3.45. The molecule has 20 heavy (non-hydrogen) atoms. The van der Waals surface area contributed by atoms with E-state index in [0.29, 0.717) is 11.1 Å². The number of rotatable bonds is 1. The molecule has 2 fully saturated rings. The van der Waals surface area contributed by atoms with Gasteiger partial charge in [0.2, 0.25) is 0 Å². The molecule has 0 atom stereocenters. The number of halogens is 1. The van der Waals surface area contributed by atoms with Crippen LogP contribution in [0.5, 0.6) is 0 Å². The summed E-state index contributed by atoms with van der Waals surface area (Å²) in [5.41, 5.74) is 1.99. The van der Waals surface area contributed by atoms with Crippen molar-refractivity contribution in [1.82, 2.24) is 20.0 Å². The Morgan fingerprint density at radius 2 is 2.05 bits per heavy atom. The van der Waals surface area contributed by atoms with Crippen molar-refractivity contribution in [2.24, 2.45) is 12.5 Å². The molecule has 3 rings (SSSR count). The van der Waals surface area contributed by atoms with Gasteiger partial charge in [0.05, 0.1) is 5.69 Å². The molecule has 1 aromatic rings. The maximum atomic E-state index is 12.6. The van der Waals surface area contributed by atoms with Crippen molar-refractivity contribution in [2.45, 2.75) is 26.2 Å². The Hall–Kier alpha value is -1.07. The molecule has 1 amide bonds. The number of hydrogen-bond donors (Lipinski definition) is 1. The van der Waals surface area contributed by atoms with Crippen LogP contribution in [0.2, 0.25) is 0 Å². The predicted octanol–water partition coefficient (Wildman–Crippen LogP) is 1.37. The zero-order valence-corrected chi connectivity index (χ0v) is 13.0. The van der Waals surface area contributed by atoms with Crippen LogP contribution in [0.25, 0.3) is 0 Å². The third kappa shape index (κ3) is 2.69. The van der Waals surface area contributed by atoms with Crippen LogP contribution in [-0.2, 0) is 7.05 Å². The fourth-order valence-electron chi connectivity index (χ4n) is 3.45. The number of piperidine rings is 1. The lowest BCUT2D eigenvalue weighted by Gasteiger charge is -2.33. The van der Waals surface area contributed by atoms with Crippen LogP contribution in [0.15, 0.2) is 6.07 Å². The molecule has 1 N–H and O–H groups in total. The van der Waals surface area contributed by atoms with Crippen LogP contribution in [0.4, 0.5) is 0 Å². The predicted molar refractivity (Wildman–Crippen MR) is 80.3 cm³/mol. The fraction of sp³-hybridized carbons (Fsp3) is 0.714. The molecule has 1 aromatic heterocycles. The van der Waals surface area contributed by atoms with Gasteiger partial charge in [0.1, 0.15) is 5.69 Å². The summed E-state index contributed by atoms with van der Waals surface area (Å²) in [6, 6.07) is 1.88. The molecule has 1 spiro atoms. The zero-order valence-electron chi connectivity index (χ0n) is 12.2. The summed E-state index contributed by atoms with van der Waals surface area (Å²) in [7, 11) is 1.84. The summed E-state index contributed by atoms with van der Waals surface area (Å²) < 4.78 is 1.70. The standard InChI is InChI=1S/C14H22N4O.ClH/c1-11-9-12(17(2)16-11)13(19)18-8-5-14(10-18)3-6-15-7-4-14;/h9,15H,3-8,10H2,1-2H3;1H. The number of nitrogens with one attached hydrogen (secondary N) is 1. The minimum absolute atomic E-state index is 0. The highest BCUT2D eigenvalue weighted by atomic mass is 35.5. The van der Waals surface area contributed by atoms with E-state index in [9.17, 15) is 4.79 Å². The van der Waals surface area contributed by atoms with Gasteiger partial charge in [-0.05, 0) is 50.8 Å². The SMILES string of the molecule is Cc1cc(C(=O)N2CCC3(CCNCC3)C2)n(C)n1.Cl. The van der Waals surface area contributed by atoms with Gasteiger partial charge in [-0.15, -0.1) is 12.4 Å². The van der Waals surface area contributed by atoms with E-state index in [1.165, 1.54) is 12.8 Å². The number of amides is 1. The molecule has 0 bridgehead atoms. The quantitative estimate of drug-likeness (QED) is 0.852. The lowest BCUT2D eigenvalue weighted by atomic mass is 9.78. The Kier molecular flexibility index (Phi) is 4.39. The Balaban J connectivity index is 0.00000147. The third-order valence-electron chi connectivity index (χ3n) is 4.61. The van der Waals surface area contributed by atoms with Gasteiger partial charge in [-0.25, -0.2) is 0 Å². The monoisotopic (exact) mass is 298 g/mol. The van der Waals surface area contributed by atoms with Gasteiger partial charge in [-0.2, -0.15) is 5.10 Å². The van der Waals surface area contributed by atoms with E-state index in [4.69, 9.17) is 0 Å². The van der Waals surface area contributed by atoms with E-state index in [-0.39, 0.29) is 18.3 Å². The molecule has 112 valence electrons. The van der Waals surface area contributed by atoms with Gasteiger partial charge in [-0.3, -0.25) is 9.48 Å². The molecular weight excluding hydrogens is 276 g/mol. The van der Waals surface area contributed by atoms with E-state index in [1.54, 1.807) is 4.68 Å². The molecule has 0 unspecified atom stereocenters. The molecule has 2 aliphatic rings. The number of carbonyl (C=O) groups excluding carboxylic acids is 1. The third-order valence-corrected chi connectivity index (χ3v) is 4.61. The lowest BCUT2D eigenvalue weighted by Crippen LogP contribution is -2.40. The van der Waals surface area contributed by atoms with Crippen molar-refractivity contribution in [3.05, 3.63) is 17.5 Å². The molecule has 0 radical (unpaired) electrons. The van der Waals surface area contributed by atoms with Crippen molar-refractivity contribution in [1.29, 1.82) is 0 Å². The number of carbonyl (C=O) groups is 1. The van der Waals surface area contributed by atoms with E-state index in [0.717, 1.165) is 38.3 Å². The molecule has 2 aliphatic heterocycles. The van der Waals surface area contributed by atoms with Gasteiger partial charge >= 0.3 is 0 Å². The summed E-state index contributed by atoms with van der Waals surface area (Å²) in [5, 5.41) is 7.67.